The summed E-state index contributed by atoms with van der Waals surface area (Å²) in [6, 6.07) is 10.4. The molecule has 0 aromatic heterocycles. The molecule has 2 rings (SSSR count). The molecule has 1 N–H and O–H groups in total. The Hall–Kier alpha value is -2.02. The maximum atomic E-state index is 13.1. The molecule has 0 saturated heterocycles. The fourth-order valence-corrected chi connectivity index (χ4v) is 2.36. The molecule has 2 aromatic rings. The van der Waals surface area contributed by atoms with E-state index in [0.717, 1.165) is 0 Å². The number of hydrogen-bond donors (Lipinski definition) is 1. The molecule has 0 radical (unpaired) electrons. The van der Waals surface area contributed by atoms with E-state index in [1.54, 1.807) is 12.1 Å². The molecule has 0 fully saturated rings. The van der Waals surface area contributed by atoms with Gasteiger partial charge in [-0.15, -0.1) is 0 Å². The molecular weight excluding hydrogens is 375 g/mol. The van der Waals surface area contributed by atoms with Crippen LogP contribution < -0.4 is 10.1 Å². The molecule has 0 bridgehead atoms. The third-order valence-corrected chi connectivity index (χ3v) is 3.57. The number of rotatable bonds is 6. The number of benzene rings is 2. The van der Waals surface area contributed by atoms with Crippen LogP contribution in [0, 0.1) is 5.82 Å². The number of carbonyl (C=O) groups excluding carboxylic acids is 1. The van der Waals surface area contributed by atoms with Gasteiger partial charge in [0.2, 0.25) is 5.91 Å². The summed E-state index contributed by atoms with van der Waals surface area (Å²) in [6.07, 6.45) is 0.0894. The number of carbonyl (C=O) groups is 1. The monoisotopic (exact) mass is 387 g/mol. The molecule has 122 valence electrons. The Balaban J connectivity index is 1.90. The quantitative estimate of drug-likeness (QED) is 0.811. The standard InChI is InChI=1S/C16H13BrF3NO2/c17-13-7-10(4-5-14(13)18)8-15(22)21-9-11-2-1-3-12(6-11)23-16(19)20/h1-7,16H,8-9H2,(H,21,22). The molecule has 0 heterocycles. The number of halogens is 4. The van der Waals surface area contributed by atoms with Crippen LogP contribution in [-0.4, -0.2) is 12.5 Å². The minimum atomic E-state index is -2.89. The van der Waals surface area contributed by atoms with Crippen molar-refractivity contribution in [1.29, 1.82) is 0 Å². The van der Waals surface area contributed by atoms with Gasteiger partial charge >= 0.3 is 6.61 Å². The van der Waals surface area contributed by atoms with Crippen molar-refractivity contribution in [2.75, 3.05) is 0 Å². The van der Waals surface area contributed by atoms with Gasteiger partial charge in [-0.05, 0) is 51.3 Å². The van der Waals surface area contributed by atoms with Crippen LogP contribution >= 0.6 is 15.9 Å². The lowest BCUT2D eigenvalue weighted by Gasteiger charge is -2.08. The smallest absolute Gasteiger partial charge is 0.387 e. The Morgan fingerprint density at radius 1 is 1.17 bits per heavy atom. The molecular formula is C16H13BrF3NO2. The molecule has 3 nitrogen and oxygen atoms in total. The van der Waals surface area contributed by atoms with Crippen LogP contribution in [-0.2, 0) is 17.8 Å². The predicted octanol–water partition coefficient (Wildman–Crippen LogP) is 4.05. The van der Waals surface area contributed by atoms with Gasteiger partial charge in [0, 0.05) is 6.54 Å². The third kappa shape index (κ3) is 5.59. The Kier molecular flexibility index (Phi) is 6.04. The molecule has 0 aliphatic rings. The first kappa shape index (κ1) is 17.3. The fourth-order valence-electron chi connectivity index (χ4n) is 1.93. The van der Waals surface area contributed by atoms with E-state index in [2.05, 4.69) is 26.0 Å². The summed E-state index contributed by atoms with van der Waals surface area (Å²) in [5, 5.41) is 2.67. The largest absolute Gasteiger partial charge is 0.435 e. The Bertz CT molecular complexity index is 695. The summed E-state index contributed by atoms with van der Waals surface area (Å²) < 4.78 is 42.0. The van der Waals surface area contributed by atoms with Crippen LogP contribution in [0.1, 0.15) is 11.1 Å². The molecule has 1 amide bonds. The van der Waals surface area contributed by atoms with E-state index in [9.17, 15) is 18.0 Å². The van der Waals surface area contributed by atoms with Gasteiger partial charge in [-0.25, -0.2) is 4.39 Å². The van der Waals surface area contributed by atoms with Crippen LogP contribution in [0.2, 0.25) is 0 Å². The van der Waals surface area contributed by atoms with Crippen LogP contribution in [0.25, 0.3) is 0 Å². The van der Waals surface area contributed by atoms with Crippen LogP contribution in [0.4, 0.5) is 13.2 Å². The summed E-state index contributed by atoms with van der Waals surface area (Å²) in [5.41, 5.74) is 1.29. The zero-order chi connectivity index (χ0) is 16.8. The maximum absolute atomic E-state index is 13.1. The zero-order valence-electron chi connectivity index (χ0n) is 11.9. The summed E-state index contributed by atoms with van der Waals surface area (Å²) in [4.78, 5) is 11.9. The Morgan fingerprint density at radius 2 is 1.96 bits per heavy atom. The van der Waals surface area contributed by atoms with Gasteiger partial charge in [0.25, 0.3) is 0 Å². The van der Waals surface area contributed by atoms with Crippen molar-refractivity contribution >= 4 is 21.8 Å². The number of ether oxygens (including phenoxy) is 1. The van der Waals surface area contributed by atoms with Crippen LogP contribution in [0.15, 0.2) is 46.9 Å². The van der Waals surface area contributed by atoms with Gasteiger partial charge in [-0.2, -0.15) is 8.78 Å². The maximum Gasteiger partial charge on any atom is 0.387 e. The average Bonchev–Trinajstić information content (AvgIpc) is 2.49. The third-order valence-electron chi connectivity index (χ3n) is 2.96. The lowest BCUT2D eigenvalue weighted by atomic mass is 10.1. The van der Waals surface area contributed by atoms with Crippen molar-refractivity contribution in [3.05, 3.63) is 63.9 Å². The highest BCUT2D eigenvalue weighted by Crippen LogP contribution is 2.18. The summed E-state index contributed by atoms with van der Waals surface area (Å²) >= 11 is 3.06. The van der Waals surface area contributed by atoms with E-state index >= 15 is 0 Å². The predicted molar refractivity (Wildman–Crippen MR) is 82.7 cm³/mol. The first-order valence-corrected chi connectivity index (χ1v) is 7.47. The van der Waals surface area contributed by atoms with Gasteiger partial charge in [-0.3, -0.25) is 4.79 Å². The van der Waals surface area contributed by atoms with Crippen molar-refractivity contribution in [1.82, 2.24) is 5.32 Å². The lowest BCUT2D eigenvalue weighted by Crippen LogP contribution is -2.24. The highest BCUT2D eigenvalue weighted by molar-refractivity contribution is 9.10. The second-order valence-electron chi connectivity index (χ2n) is 4.73. The van der Waals surface area contributed by atoms with Crippen molar-refractivity contribution in [3.63, 3.8) is 0 Å². The highest BCUT2D eigenvalue weighted by Gasteiger charge is 2.08. The molecule has 23 heavy (non-hydrogen) atoms. The molecule has 0 atom stereocenters. The summed E-state index contributed by atoms with van der Waals surface area (Å²) in [7, 11) is 0. The van der Waals surface area contributed by atoms with Crippen molar-refractivity contribution in [2.24, 2.45) is 0 Å². The van der Waals surface area contributed by atoms with Gasteiger partial charge in [-0.1, -0.05) is 18.2 Å². The molecule has 0 spiro atoms. The normalized spacial score (nSPS) is 10.7. The Labute approximate surface area is 139 Å². The SMILES string of the molecule is O=C(Cc1ccc(F)c(Br)c1)NCc1cccc(OC(F)F)c1. The van der Waals surface area contributed by atoms with E-state index in [1.807, 2.05) is 0 Å². The fraction of sp³-hybridized carbons (Fsp3) is 0.188. The van der Waals surface area contributed by atoms with E-state index in [-0.39, 0.29) is 24.6 Å². The van der Waals surface area contributed by atoms with Crippen molar-refractivity contribution in [2.45, 2.75) is 19.6 Å². The molecule has 0 saturated carbocycles. The van der Waals surface area contributed by atoms with E-state index in [1.165, 1.54) is 30.3 Å². The van der Waals surface area contributed by atoms with E-state index in [0.29, 0.717) is 15.6 Å². The Morgan fingerprint density at radius 3 is 2.65 bits per heavy atom. The van der Waals surface area contributed by atoms with E-state index in [4.69, 9.17) is 0 Å². The summed E-state index contributed by atoms with van der Waals surface area (Å²) in [5.74, 6) is -0.622. The van der Waals surface area contributed by atoms with Crippen molar-refractivity contribution < 1.29 is 22.7 Å². The second-order valence-corrected chi connectivity index (χ2v) is 5.58. The first-order chi connectivity index (χ1) is 10.9. The van der Waals surface area contributed by atoms with Crippen LogP contribution in [0.5, 0.6) is 5.75 Å². The van der Waals surface area contributed by atoms with Crippen molar-refractivity contribution in [3.8, 4) is 5.75 Å². The molecule has 2 aromatic carbocycles. The van der Waals surface area contributed by atoms with Gasteiger partial charge < -0.3 is 10.1 Å². The molecule has 0 unspecified atom stereocenters. The highest BCUT2D eigenvalue weighted by atomic mass is 79.9. The van der Waals surface area contributed by atoms with Gasteiger partial charge in [0.15, 0.2) is 0 Å². The second kappa shape index (κ2) is 8.01. The molecule has 0 aliphatic heterocycles. The van der Waals surface area contributed by atoms with Gasteiger partial charge in [0.1, 0.15) is 11.6 Å². The van der Waals surface area contributed by atoms with Crippen LogP contribution in [0.3, 0.4) is 0 Å². The number of nitrogens with one attached hydrogen (secondary N) is 1. The van der Waals surface area contributed by atoms with Gasteiger partial charge in [0.05, 0.1) is 10.9 Å². The minimum Gasteiger partial charge on any atom is -0.435 e. The lowest BCUT2D eigenvalue weighted by molar-refractivity contribution is -0.120. The molecule has 7 heteroatoms. The number of hydrogen-bond acceptors (Lipinski definition) is 2. The number of alkyl halides is 2. The van der Waals surface area contributed by atoms with E-state index < -0.39 is 12.4 Å². The summed E-state index contributed by atoms with van der Waals surface area (Å²) in [6.45, 7) is -2.71. The topological polar surface area (TPSA) is 38.3 Å². The molecule has 0 aliphatic carbocycles. The zero-order valence-corrected chi connectivity index (χ0v) is 13.4. The average molecular weight is 388 g/mol. The minimum absolute atomic E-state index is 0.0363. The number of amides is 1. The first-order valence-electron chi connectivity index (χ1n) is 6.68.